The van der Waals surface area contributed by atoms with Gasteiger partial charge in [-0.05, 0) is 31.5 Å². The van der Waals surface area contributed by atoms with Gasteiger partial charge in [0.05, 0.1) is 5.56 Å². The van der Waals surface area contributed by atoms with E-state index >= 15 is 0 Å². The number of allylic oxidation sites excluding steroid dienone is 1. The number of nitrogens with one attached hydrogen (secondary N) is 1. The molecule has 1 heterocycles. The first-order chi connectivity index (χ1) is 12.6. The molecule has 0 aliphatic heterocycles. The summed E-state index contributed by atoms with van der Waals surface area (Å²) in [6.45, 7) is 5.74. The molecule has 0 atom stereocenters. The number of carbonyl (C=O) groups is 1. The van der Waals surface area contributed by atoms with Crippen LogP contribution in [-0.2, 0) is 6.42 Å². The summed E-state index contributed by atoms with van der Waals surface area (Å²) in [5, 5.41) is 12.4. The van der Waals surface area contributed by atoms with Gasteiger partial charge in [-0.2, -0.15) is 0 Å². The maximum Gasteiger partial charge on any atom is 0.335 e. The van der Waals surface area contributed by atoms with E-state index in [-0.39, 0.29) is 5.56 Å². The number of benzene rings is 2. The fourth-order valence-electron chi connectivity index (χ4n) is 2.67. The first-order valence-corrected chi connectivity index (χ1v) is 8.22. The SMILES string of the molecule is C=CCc1c(C)nc(-c2ccccc2)nc1Nc1cccc(C(=O)O)c1. The van der Waals surface area contributed by atoms with Gasteiger partial charge in [-0.3, -0.25) is 0 Å². The Kier molecular flexibility index (Phi) is 5.08. The quantitative estimate of drug-likeness (QED) is 0.638. The summed E-state index contributed by atoms with van der Waals surface area (Å²) in [5.74, 6) is 0.301. The summed E-state index contributed by atoms with van der Waals surface area (Å²) in [6.07, 6.45) is 2.41. The van der Waals surface area contributed by atoms with E-state index in [1.807, 2.05) is 43.3 Å². The summed E-state index contributed by atoms with van der Waals surface area (Å²) in [6, 6.07) is 16.4. The van der Waals surface area contributed by atoms with Crippen LogP contribution in [0, 0.1) is 6.92 Å². The molecule has 0 aliphatic carbocycles. The number of carboxylic acids is 1. The fourth-order valence-corrected chi connectivity index (χ4v) is 2.67. The Hall–Kier alpha value is -3.47. The van der Waals surface area contributed by atoms with Gasteiger partial charge in [0, 0.05) is 22.5 Å². The molecular weight excluding hydrogens is 326 g/mol. The molecule has 3 aromatic rings. The minimum Gasteiger partial charge on any atom is -0.478 e. The van der Waals surface area contributed by atoms with Crippen LogP contribution in [0.4, 0.5) is 11.5 Å². The number of anilines is 2. The van der Waals surface area contributed by atoms with Crippen LogP contribution < -0.4 is 5.32 Å². The van der Waals surface area contributed by atoms with E-state index in [9.17, 15) is 9.90 Å². The van der Waals surface area contributed by atoms with E-state index < -0.39 is 5.97 Å². The predicted octanol–water partition coefficient (Wildman–Crippen LogP) is 4.62. The lowest BCUT2D eigenvalue weighted by atomic mass is 10.1. The molecule has 2 aromatic carbocycles. The molecule has 0 radical (unpaired) electrons. The van der Waals surface area contributed by atoms with Gasteiger partial charge in [-0.1, -0.05) is 42.5 Å². The zero-order valence-electron chi connectivity index (χ0n) is 14.4. The number of carboxylic acid groups (broad SMARTS) is 1. The molecule has 0 amide bonds. The molecule has 2 N–H and O–H groups in total. The van der Waals surface area contributed by atoms with Crippen molar-refractivity contribution in [2.75, 3.05) is 5.32 Å². The van der Waals surface area contributed by atoms with Gasteiger partial charge in [0.25, 0.3) is 0 Å². The Bertz CT molecular complexity index is 953. The van der Waals surface area contributed by atoms with Crippen molar-refractivity contribution in [2.24, 2.45) is 0 Å². The molecular formula is C21H19N3O2. The zero-order chi connectivity index (χ0) is 18.5. The van der Waals surface area contributed by atoms with Gasteiger partial charge in [0.15, 0.2) is 5.82 Å². The Balaban J connectivity index is 2.06. The Labute approximate surface area is 152 Å². The minimum absolute atomic E-state index is 0.217. The second-order valence-electron chi connectivity index (χ2n) is 5.83. The smallest absolute Gasteiger partial charge is 0.335 e. The van der Waals surface area contributed by atoms with Crippen molar-refractivity contribution in [3.05, 3.63) is 84.1 Å². The third-order valence-electron chi connectivity index (χ3n) is 3.97. The van der Waals surface area contributed by atoms with Gasteiger partial charge in [-0.25, -0.2) is 14.8 Å². The highest BCUT2D eigenvalue weighted by Gasteiger charge is 2.13. The number of nitrogens with zero attached hydrogens (tertiary/aromatic N) is 2. The average Bonchev–Trinajstić information content (AvgIpc) is 2.65. The first-order valence-electron chi connectivity index (χ1n) is 8.22. The third-order valence-corrected chi connectivity index (χ3v) is 3.97. The van der Waals surface area contributed by atoms with Crippen LogP contribution in [0.3, 0.4) is 0 Å². The molecule has 1 aromatic heterocycles. The van der Waals surface area contributed by atoms with Gasteiger partial charge >= 0.3 is 5.97 Å². The number of hydrogen-bond acceptors (Lipinski definition) is 4. The van der Waals surface area contributed by atoms with Crippen molar-refractivity contribution in [1.82, 2.24) is 9.97 Å². The van der Waals surface area contributed by atoms with Crippen molar-refractivity contribution in [1.29, 1.82) is 0 Å². The topological polar surface area (TPSA) is 75.1 Å². The highest BCUT2D eigenvalue weighted by atomic mass is 16.4. The van der Waals surface area contributed by atoms with E-state index in [4.69, 9.17) is 0 Å². The number of aryl methyl sites for hydroxylation is 1. The molecule has 5 heteroatoms. The monoisotopic (exact) mass is 345 g/mol. The summed E-state index contributed by atoms with van der Waals surface area (Å²) in [7, 11) is 0. The van der Waals surface area contributed by atoms with Gasteiger partial charge in [-0.15, -0.1) is 6.58 Å². The lowest BCUT2D eigenvalue weighted by Crippen LogP contribution is -2.06. The number of aromatic carboxylic acids is 1. The molecule has 0 spiro atoms. The second kappa shape index (κ2) is 7.61. The van der Waals surface area contributed by atoms with Crippen LogP contribution in [0.5, 0.6) is 0 Å². The molecule has 0 fully saturated rings. The van der Waals surface area contributed by atoms with E-state index in [0.29, 0.717) is 23.8 Å². The summed E-state index contributed by atoms with van der Waals surface area (Å²) >= 11 is 0. The summed E-state index contributed by atoms with van der Waals surface area (Å²) < 4.78 is 0. The molecule has 0 saturated carbocycles. The number of hydrogen-bond donors (Lipinski definition) is 2. The van der Waals surface area contributed by atoms with Crippen LogP contribution in [-0.4, -0.2) is 21.0 Å². The van der Waals surface area contributed by atoms with Crippen LogP contribution in [0.15, 0.2) is 67.3 Å². The number of aromatic nitrogens is 2. The van der Waals surface area contributed by atoms with Gasteiger partial charge in [0.1, 0.15) is 5.82 Å². The molecule has 0 unspecified atom stereocenters. The number of rotatable bonds is 6. The average molecular weight is 345 g/mol. The summed E-state index contributed by atoms with van der Waals surface area (Å²) in [4.78, 5) is 20.5. The van der Waals surface area contributed by atoms with Crippen LogP contribution >= 0.6 is 0 Å². The molecule has 5 nitrogen and oxygen atoms in total. The minimum atomic E-state index is -0.969. The maximum atomic E-state index is 11.2. The van der Waals surface area contributed by atoms with Gasteiger partial charge in [0.2, 0.25) is 0 Å². The first kappa shape index (κ1) is 17.4. The Morgan fingerprint density at radius 1 is 1.15 bits per heavy atom. The Morgan fingerprint density at radius 3 is 2.62 bits per heavy atom. The van der Waals surface area contributed by atoms with E-state index in [2.05, 4.69) is 21.9 Å². The predicted molar refractivity (Wildman–Crippen MR) is 103 cm³/mol. The lowest BCUT2D eigenvalue weighted by Gasteiger charge is -2.14. The summed E-state index contributed by atoms with van der Waals surface area (Å²) in [5.41, 5.74) is 3.58. The fraction of sp³-hybridized carbons (Fsp3) is 0.0952. The van der Waals surface area contributed by atoms with Crippen LogP contribution in [0.2, 0.25) is 0 Å². The largest absolute Gasteiger partial charge is 0.478 e. The van der Waals surface area contributed by atoms with Crippen molar-refractivity contribution >= 4 is 17.5 Å². The molecule has 3 rings (SSSR count). The molecule has 26 heavy (non-hydrogen) atoms. The highest BCUT2D eigenvalue weighted by molar-refractivity contribution is 5.89. The normalized spacial score (nSPS) is 10.3. The standard InChI is InChI=1S/C21H19N3O2/c1-3-8-18-14(2)22-19(15-9-5-4-6-10-15)24-20(18)23-17-12-7-11-16(13-17)21(25)26/h3-7,9-13H,1,8H2,2H3,(H,25,26)(H,22,23,24). The third kappa shape index (κ3) is 3.78. The van der Waals surface area contributed by atoms with E-state index in [1.54, 1.807) is 24.3 Å². The highest BCUT2D eigenvalue weighted by Crippen LogP contribution is 2.26. The van der Waals surface area contributed by atoms with Crippen molar-refractivity contribution in [3.8, 4) is 11.4 Å². The van der Waals surface area contributed by atoms with Crippen LogP contribution in [0.25, 0.3) is 11.4 Å². The molecule has 0 aliphatic rings. The lowest BCUT2D eigenvalue weighted by molar-refractivity contribution is 0.0697. The second-order valence-corrected chi connectivity index (χ2v) is 5.83. The van der Waals surface area contributed by atoms with Crippen molar-refractivity contribution in [3.63, 3.8) is 0 Å². The van der Waals surface area contributed by atoms with Crippen molar-refractivity contribution in [2.45, 2.75) is 13.3 Å². The zero-order valence-corrected chi connectivity index (χ0v) is 14.4. The molecule has 0 bridgehead atoms. The Morgan fingerprint density at radius 2 is 1.92 bits per heavy atom. The van der Waals surface area contributed by atoms with Gasteiger partial charge < -0.3 is 10.4 Å². The van der Waals surface area contributed by atoms with E-state index in [0.717, 1.165) is 16.8 Å². The molecule has 0 saturated heterocycles. The van der Waals surface area contributed by atoms with Crippen LogP contribution in [0.1, 0.15) is 21.6 Å². The van der Waals surface area contributed by atoms with Crippen molar-refractivity contribution < 1.29 is 9.90 Å². The maximum absolute atomic E-state index is 11.2. The molecule has 130 valence electrons. The van der Waals surface area contributed by atoms with E-state index in [1.165, 1.54) is 0 Å².